The summed E-state index contributed by atoms with van der Waals surface area (Å²) in [5.74, 6) is 1.35. The SMILES string of the molecule is C[NH+](CC(=O)NC(C)(C)C)Cc1cc(Cl)c2c(c1)OCCCO2. The van der Waals surface area contributed by atoms with Crippen LogP contribution in [0.25, 0.3) is 0 Å². The highest BCUT2D eigenvalue weighted by Gasteiger charge is 2.19. The lowest BCUT2D eigenvalue weighted by Gasteiger charge is -2.22. The molecule has 1 amide bonds. The van der Waals surface area contributed by atoms with E-state index in [2.05, 4.69) is 5.32 Å². The number of hydrogen-bond acceptors (Lipinski definition) is 3. The molecule has 128 valence electrons. The van der Waals surface area contributed by atoms with Crippen LogP contribution < -0.4 is 19.7 Å². The van der Waals surface area contributed by atoms with Crippen molar-refractivity contribution in [3.63, 3.8) is 0 Å². The predicted octanol–water partition coefficient (Wildman–Crippen LogP) is 1.43. The molecule has 1 unspecified atom stereocenters. The molecule has 0 spiro atoms. The van der Waals surface area contributed by atoms with Crippen LogP contribution in [0.1, 0.15) is 32.8 Å². The van der Waals surface area contributed by atoms with Crippen molar-refractivity contribution >= 4 is 17.5 Å². The Labute approximate surface area is 142 Å². The Bertz CT molecular complexity index is 570. The summed E-state index contributed by atoms with van der Waals surface area (Å²) in [4.78, 5) is 13.1. The normalized spacial score (nSPS) is 15.7. The number of likely N-dealkylation sites (N-methyl/N-ethyl adjacent to an activating group) is 1. The number of hydrogen-bond donors (Lipinski definition) is 2. The summed E-state index contributed by atoms with van der Waals surface area (Å²) in [6, 6.07) is 3.85. The quantitative estimate of drug-likeness (QED) is 0.871. The van der Waals surface area contributed by atoms with Gasteiger partial charge >= 0.3 is 0 Å². The van der Waals surface area contributed by atoms with Crippen molar-refractivity contribution in [1.29, 1.82) is 0 Å². The molecule has 23 heavy (non-hydrogen) atoms. The second-order valence-electron chi connectivity index (χ2n) is 7.06. The molecule has 1 aromatic rings. The standard InChI is InChI=1S/C17H25ClN2O3/c1-17(2,3)19-15(21)11-20(4)10-12-8-13(18)16-14(9-12)22-6-5-7-23-16/h8-9H,5-7,10-11H2,1-4H3,(H,19,21)/p+1. The molecule has 0 aliphatic carbocycles. The van der Waals surface area contributed by atoms with Crippen molar-refractivity contribution in [1.82, 2.24) is 5.32 Å². The van der Waals surface area contributed by atoms with Crippen molar-refractivity contribution in [3.05, 3.63) is 22.7 Å². The minimum atomic E-state index is -0.212. The van der Waals surface area contributed by atoms with E-state index in [1.807, 2.05) is 40.0 Å². The molecule has 0 bridgehead atoms. The zero-order chi connectivity index (χ0) is 17.0. The Morgan fingerprint density at radius 1 is 1.30 bits per heavy atom. The third-order valence-electron chi connectivity index (χ3n) is 3.34. The van der Waals surface area contributed by atoms with Gasteiger partial charge in [0.1, 0.15) is 6.54 Å². The lowest BCUT2D eigenvalue weighted by atomic mass is 10.1. The number of quaternary nitrogens is 1. The summed E-state index contributed by atoms with van der Waals surface area (Å²) >= 11 is 6.30. The molecule has 5 nitrogen and oxygen atoms in total. The molecule has 1 heterocycles. The number of halogens is 1. The fourth-order valence-electron chi connectivity index (χ4n) is 2.53. The molecule has 6 heteroatoms. The first-order valence-corrected chi connectivity index (χ1v) is 8.33. The van der Waals surface area contributed by atoms with Crippen LogP contribution in [-0.2, 0) is 11.3 Å². The zero-order valence-electron chi connectivity index (χ0n) is 14.3. The molecule has 2 N–H and O–H groups in total. The molecule has 0 radical (unpaired) electrons. The van der Waals surface area contributed by atoms with Gasteiger partial charge in [-0.25, -0.2) is 0 Å². The summed E-state index contributed by atoms with van der Waals surface area (Å²) in [7, 11) is 1.99. The number of fused-ring (bicyclic) bond motifs is 1. The van der Waals surface area contributed by atoms with Gasteiger partial charge in [0.15, 0.2) is 18.0 Å². The van der Waals surface area contributed by atoms with Crippen LogP contribution in [0.2, 0.25) is 5.02 Å². The van der Waals surface area contributed by atoms with Gasteiger partial charge in [-0.2, -0.15) is 0 Å². The van der Waals surface area contributed by atoms with Crippen LogP contribution in [0.3, 0.4) is 0 Å². The largest absolute Gasteiger partial charge is 0.489 e. The summed E-state index contributed by atoms with van der Waals surface area (Å²) in [6.07, 6.45) is 0.846. The highest BCUT2D eigenvalue weighted by Crippen LogP contribution is 2.37. The van der Waals surface area contributed by atoms with Crippen LogP contribution in [-0.4, -0.2) is 38.3 Å². The van der Waals surface area contributed by atoms with Crippen molar-refractivity contribution in [3.8, 4) is 11.5 Å². The van der Waals surface area contributed by atoms with E-state index in [-0.39, 0.29) is 11.4 Å². The van der Waals surface area contributed by atoms with E-state index >= 15 is 0 Å². The number of rotatable bonds is 4. The van der Waals surface area contributed by atoms with E-state index in [9.17, 15) is 4.79 Å². The monoisotopic (exact) mass is 341 g/mol. The summed E-state index contributed by atoms with van der Waals surface area (Å²) in [5.41, 5.74) is 0.816. The van der Waals surface area contributed by atoms with Gasteiger partial charge in [0.05, 0.1) is 25.3 Å². The topological polar surface area (TPSA) is 52.0 Å². The van der Waals surface area contributed by atoms with E-state index in [0.717, 1.165) is 16.9 Å². The first-order valence-electron chi connectivity index (χ1n) is 7.95. The van der Waals surface area contributed by atoms with Crippen molar-refractivity contribution in [2.75, 3.05) is 26.8 Å². The van der Waals surface area contributed by atoms with E-state index in [1.165, 1.54) is 0 Å². The highest BCUT2D eigenvalue weighted by molar-refractivity contribution is 6.32. The minimum absolute atomic E-state index is 0.0374. The summed E-state index contributed by atoms with van der Waals surface area (Å²) in [6.45, 7) is 8.27. The summed E-state index contributed by atoms with van der Waals surface area (Å²) < 4.78 is 11.3. The molecule has 1 atom stereocenters. The molecule has 0 fully saturated rings. The van der Waals surface area contributed by atoms with Gasteiger partial charge in [-0.05, 0) is 32.9 Å². The van der Waals surface area contributed by atoms with Crippen LogP contribution in [0.4, 0.5) is 0 Å². The van der Waals surface area contributed by atoms with Gasteiger partial charge in [-0.15, -0.1) is 0 Å². The molecule has 0 saturated heterocycles. The summed E-state index contributed by atoms with van der Waals surface area (Å²) in [5, 5.41) is 3.54. The van der Waals surface area contributed by atoms with E-state index in [0.29, 0.717) is 42.8 Å². The Hall–Kier alpha value is -1.46. The van der Waals surface area contributed by atoms with Gasteiger partial charge in [0.25, 0.3) is 5.91 Å². The Kier molecular flexibility index (Phi) is 5.76. The molecule has 1 aromatic carbocycles. The van der Waals surface area contributed by atoms with Crippen molar-refractivity contribution in [2.45, 2.75) is 39.3 Å². The van der Waals surface area contributed by atoms with Crippen LogP contribution in [0.5, 0.6) is 11.5 Å². The van der Waals surface area contributed by atoms with Crippen molar-refractivity contribution < 1.29 is 19.2 Å². The molecule has 1 aliphatic heterocycles. The smallest absolute Gasteiger partial charge is 0.275 e. The minimum Gasteiger partial charge on any atom is -0.489 e. The number of carbonyl (C=O) groups excluding carboxylic acids is 1. The molecular weight excluding hydrogens is 316 g/mol. The maximum absolute atomic E-state index is 12.0. The number of benzene rings is 1. The molecule has 0 saturated carbocycles. The first kappa shape index (κ1) is 17.9. The molecule has 1 aliphatic rings. The Balaban J connectivity index is 2.01. The average molecular weight is 342 g/mol. The first-order chi connectivity index (χ1) is 10.7. The second kappa shape index (κ2) is 7.41. The highest BCUT2D eigenvalue weighted by atomic mass is 35.5. The van der Waals surface area contributed by atoms with Gasteiger partial charge in [0.2, 0.25) is 0 Å². The maximum atomic E-state index is 12.0. The average Bonchev–Trinajstić information content (AvgIpc) is 2.61. The van der Waals surface area contributed by atoms with Gasteiger partial charge in [0, 0.05) is 17.5 Å². The maximum Gasteiger partial charge on any atom is 0.275 e. The van der Waals surface area contributed by atoms with Crippen LogP contribution in [0.15, 0.2) is 12.1 Å². The van der Waals surface area contributed by atoms with E-state index in [1.54, 1.807) is 0 Å². The zero-order valence-corrected chi connectivity index (χ0v) is 15.0. The fraction of sp³-hybridized carbons (Fsp3) is 0.588. The number of nitrogens with one attached hydrogen (secondary N) is 2. The number of carbonyl (C=O) groups is 1. The number of ether oxygens (including phenoxy) is 2. The second-order valence-corrected chi connectivity index (χ2v) is 7.47. The molecular formula is C17H26ClN2O3+. The predicted molar refractivity (Wildman–Crippen MR) is 90.4 cm³/mol. The lowest BCUT2D eigenvalue weighted by Crippen LogP contribution is -3.09. The molecule has 0 aromatic heterocycles. The Morgan fingerprint density at radius 3 is 2.70 bits per heavy atom. The third-order valence-corrected chi connectivity index (χ3v) is 3.63. The lowest BCUT2D eigenvalue weighted by molar-refractivity contribution is -0.885. The van der Waals surface area contributed by atoms with Crippen LogP contribution in [0, 0.1) is 0 Å². The van der Waals surface area contributed by atoms with Gasteiger partial charge in [-0.1, -0.05) is 11.6 Å². The Morgan fingerprint density at radius 2 is 2.00 bits per heavy atom. The fourth-order valence-corrected chi connectivity index (χ4v) is 2.82. The van der Waals surface area contributed by atoms with E-state index < -0.39 is 0 Å². The van der Waals surface area contributed by atoms with Gasteiger partial charge < -0.3 is 19.7 Å². The van der Waals surface area contributed by atoms with Gasteiger partial charge in [-0.3, -0.25) is 4.79 Å². The van der Waals surface area contributed by atoms with Crippen LogP contribution >= 0.6 is 11.6 Å². The van der Waals surface area contributed by atoms with Crippen molar-refractivity contribution in [2.24, 2.45) is 0 Å². The molecule has 2 rings (SSSR count). The number of amides is 1. The third kappa shape index (κ3) is 5.59. The van der Waals surface area contributed by atoms with E-state index in [4.69, 9.17) is 21.1 Å².